The van der Waals surface area contributed by atoms with Crippen molar-refractivity contribution in [1.29, 1.82) is 0 Å². The molecule has 0 saturated heterocycles. The molecular weight excluding hydrogens is 398 g/mol. The standard InChI is InChI=1S/C27H19N3S/c1-4-12-20(13-5-1)25-26(21-14-6-2-7-15-21)29-24-19-11-10-18-23(24)28-30(29)27(25)31-22-16-8-3-9-17-22/h1-19H. The summed E-state index contributed by atoms with van der Waals surface area (Å²) in [4.78, 5) is 1.19. The van der Waals surface area contributed by atoms with Gasteiger partial charge >= 0.3 is 0 Å². The van der Waals surface area contributed by atoms with Crippen molar-refractivity contribution in [3.8, 4) is 22.4 Å². The van der Waals surface area contributed by atoms with Crippen molar-refractivity contribution in [2.45, 2.75) is 9.92 Å². The molecule has 2 aromatic heterocycles. The maximum atomic E-state index is 5.00. The Labute approximate surface area is 184 Å². The minimum atomic E-state index is 0.981. The van der Waals surface area contributed by atoms with E-state index in [1.165, 1.54) is 21.6 Å². The van der Waals surface area contributed by atoms with E-state index in [0.717, 1.165) is 21.8 Å². The van der Waals surface area contributed by atoms with Gasteiger partial charge in [0, 0.05) is 21.6 Å². The molecule has 0 atom stereocenters. The summed E-state index contributed by atoms with van der Waals surface area (Å²) < 4.78 is 4.31. The molecule has 2 heterocycles. The Morgan fingerprint density at radius 3 is 1.90 bits per heavy atom. The van der Waals surface area contributed by atoms with E-state index in [2.05, 4.69) is 118 Å². The number of benzene rings is 4. The number of hydrogen-bond donors (Lipinski definition) is 0. The summed E-state index contributed by atoms with van der Waals surface area (Å²) in [6, 6.07) is 40.0. The van der Waals surface area contributed by atoms with Crippen LogP contribution in [0.4, 0.5) is 0 Å². The van der Waals surface area contributed by atoms with Crippen LogP contribution in [0.5, 0.6) is 0 Å². The molecule has 0 aliphatic carbocycles. The monoisotopic (exact) mass is 417 g/mol. The predicted molar refractivity (Wildman–Crippen MR) is 125 cm³/mol. The van der Waals surface area contributed by atoms with E-state index >= 15 is 0 Å². The van der Waals surface area contributed by atoms with Gasteiger partial charge in [0.05, 0.1) is 5.56 Å². The van der Waals surface area contributed by atoms with Crippen molar-refractivity contribution in [2.75, 3.05) is 0 Å². The number of hydrogen-bond acceptors (Lipinski definition) is 1. The highest BCUT2D eigenvalue weighted by Crippen LogP contribution is 2.41. The van der Waals surface area contributed by atoms with Crippen LogP contribution in [0.25, 0.3) is 33.4 Å². The third-order valence-electron chi connectivity index (χ3n) is 5.41. The molecule has 0 aliphatic rings. The van der Waals surface area contributed by atoms with Crippen LogP contribution >= 0.6 is 11.8 Å². The number of nitrogens with zero attached hydrogens (tertiary/aromatic N) is 3. The van der Waals surface area contributed by atoms with Gasteiger partial charge in [-0.2, -0.15) is 5.10 Å². The summed E-state index contributed by atoms with van der Waals surface area (Å²) in [6.45, 7) is 0. The largest absolute Gasteiger partial charge is 0.273 e. The van der Waals surface area contributed by atoms with Gasteiger partial charge < -0.3 is 0 Å². The van der Waals surface area contributed by atoms with Crippen molar-refractivity contribution < 1.29 is 4.63 Å². The number of para-hydroxylation sites is 1. The smallest absolute Gasteiger partial charge is 0.216 e. The van der Waals surface area contributed by atoms with E-state index in [0.29, 0.717) is 0 Å². The van der Waals surface area contributed by atoms with Gasteiger partial charge in [-0.15, -0.1) is 4.63 Å². The van der Waals surface area contributed by atoms with Gasteiger partial charge in [0.2, 0.25) is 0 Å². The summed E-state index contributed by atoms with van der Waals surface area (Å²) in [6.07, 6.45) is 0. The van der Waals surface area contributed by atoms with Crippen molar-refractivity contribution in [2.24, 2.45) is 0 Å². The van der Waals surface area contributed by atoms with Crippen LogP contribution in [0.3, 0.4) is 0 Å². The zero-order valence-electron chi connectivity index (χ0n) is 16.7. The maximum Gasteiger partial charge on any atom is 0.273 e. The molecule has 4 aromatic carbocycles. The first-order valence-electron chi connectivity index (χ1n) is 10.3. The molecule has 0 fully saturated rings. The lowest BCUT2D eigenvalue weighted by atomic mass is 10.0. The minimum Gasteiger partial charge on any atom is -0.216 e. The maximum absolute atomic E-state index is 5.00. The van der Waals surface area contributed by atoms with E-state index in [-0.39, 0.29) is 0 Å². The van der Waals surface area contributed by atoms with Crippen molar-refractivity contribution >= 4 is 22.8 Å². The van der Waals surface area contributed by atoms with E-state index in [1.54, 1.807) is 11.8 Å². The minimum absolute atomic E-state index is 0.981. The highest BCUT2D eigenvalue weighted by atomic mass is 32.2. The molecule has 4 heteroatoms. The summed E-state index contributed by atoms with van der Waals surface area (Å²) in [5.74, 6) is 0. The van der Waals surface area contributed by atoms with Crippen molar-refractivity contribution in [3.05, 3.63) is 115 Å². The second kappa shape index (κ2) is 7.49. The summed E-state index contributed by atoms with van der Waals surface area (Å²) in [7, 11) is 0. The fraction of sp³-hybridized carbons (Fsp3) is 0. The molecule has 6 aromatic rings. The Morgan fingerprint density at radius 1 is 0.613 bits per heavy atom. The molecule has 0 aliphatic heterocycles. The Kier molecular flexibility index (Phi) is 4.36. The lowest BCUT2D eigenvalue weighted by Crippen LogP contribution is -2.32. The van der Waals surface area contributed by atoms with Gasteiger partial charge in [-0.3, -0.25) is 0 Å². The van der Waals surface area contributed by atoms with Crippen molar-refractivity contribution in [1.82, 2.24) is 9.61 Å². The van der Waals surface area contributed by atoms with Crippen LogP contribution < -0.4 is 9.73 Å². The van der Waals surface area contributed by atoms with E-state index in [9.17, 15) is 0 Å². The molecule has 31 heavy (non-hydrogen) atoms. The van der Waals surface area contributed by atoms with Gasteiger partial charge in [-0.1, -0.05) is 103 Å². The van der Waals surface area contributed by atoms with Gasteiger partial charge in [0.1, 0.15) is 0 Å². The predicted octanol–water partition coefficient (Wildman–Crippen LogP) is 6.12. The molecule has 0 unspecified atom stereocenters. The Bertz CT molecular complexity index is 1480. The first-order chi connectivity index (χ1) is 15.4. The number of fused-ring (bicyclic) bond motifs is 3. The quantitative estimate of drug-likeness (QED) is 0.323. The third kappa shape index (κ3) is 3.04. The molecule has 148 valence electrons. The molecule has 0 bridgehead atoms. The first kappa shape index (κ1) is 18.0. The molecule has 3 nitrogen and oxygen atoms in total. The van der Waals surface area contributed by atoms with Gasteiger partial charge in [0.25, 0.3) is 5.03 Å². The van der Waals surface area contributed by atoms with Crippen LogP contribution in [-0.4, -0.2) is 4.52 Å². The molecule has 0 saturated carbocycles. The highest BCUT2D eigenvalue weighted by molar-refractivity contribution is 7.99. The van der Waals surface area contributed by atoms with Crippen LogP contribution in [0, 0.1) is 0 Å². The lowest BCUT2D eigenvalue weighted by Gasteiger charge is -2.08. The van der Waals surface area contributed by atoms with Gasteiger partial charge in [-0.25, -0.2) is 4.52 Å². The van der Waals surface area contributed by atoms with Gasteiger partial charge in [0.15, 0.2) is 0 Å². The second-order valence-electron chi connectivity index (χ2n) is 7.37. The summed E-state index contributed by atoms with van der Waals surface area (Å²) in [5, 5.41) is 6.11. The lowest BCUT2D eigenvalue weighted by molar-refractivity contribution is -0.708. The molecule has 0 spiro atoms. The Hall–Kier alpha value is -3.76. The molecular formula is C27H19N3S. The third-order valence-corrected chi connectivity index (χ3v) is 6.48. The van der Waals surface area contributed by atoms with Crippen LogP contribution in [-0.2, 0) is 0 Å². The zero-order chi connectivity index (χ0) is 20.6. The molecule has 0 radical (unpaired) electrons. The van der Waals surface area contributed by atoms with Crippen LogP contribution in [0.1, 0.15) is 0 Å². The molecule has 0 amide bonds. The fourth-order valence-corrected chi connectivity index (χ4v) is 5.09. The Balaban J connectivity index is 1.76. The fourth-order valence-electron chi connectivity index (χ4n) is 4.05. The van der Waals surface area contributed by atoms with Crippen molar-refractivity contribution in [3.63, 3.8) is 0 Å². The highest BCUT2D eigenvalue weighted by Gasteiger charge is 2.27. The molecule has 6 rings (SSSR count). The Morgan fingerprint density at radius 2 is 1.19 bits per heavy atom. The number of rotatable bonds is 4. The van der Waals surface area contributed by atoms with Gasteiger partial charge in [-0.05, 0) is 35.0 Å². The average Bonchev–Trinajstić information content (AvgIpc) is 3.36. The average molecular weight is 418 g/mol. The topological polar surface area (TPSA) is 22.6 Å². The normalized spacial score (nSPS) is 11.4. The van der Waals surface area contributed by atoms with E-state index in [1.807, 2.05) is 6.07 Å². The summed E-state index contributed by atoms with van der Waals surface area (Å²) >= 11 is 1.75. The van der Waals surface area contributed by atoms with E-state index in [4.69, 9.17) is 5.10 Å². The number of aromatic nitrogens is 3. The van der Waals surface area contributed by atoms with E-state index < -0.39 is 0 Å². The second-order valence-corrected chi connectivity index (χ2v) is 8.43. The van der Waals surface area contributed by atoms with Crippen LogP contribution in [0.15, 0.2) is 125 Å². The van der Waals surface area contributed by atoms with Crippen LogP contribution in [0.2, 0.25) is 0 Å². The zero-order valence-corrected chi connectivity index (χ0v) is 17.5. The SMILES string of the molecule is c1ccc(Sc2c(-c3ccccc3)c(-c3ccccc3)n3c4ccccc4[n-][n+]23)cc1. The first-order valence-corrected chi connectivity index (χ1v) is 11.1. The molecule has 0 N–H and O–H groups in total. The summed E-state index contributed by atoms with van der Waals surface area (Å²) in [5.41, 5.74) is 6.77.